The number of phenolic OH excluding ortho intramolecular Hbond substituents is 1. The van der Waals surface area contributed by atoms with Crippen LogP contribution in [0.1, 0.15) is 28.7 Å². The van der Waals surface area contributed by atoms with Gasteiger partial charge in [0.25, 0.3) is 5.91 Å². The molecule has 0 saturated heterocycles. The van der Waals surface area contributed by atoms with Crippen molar-refractivity contribution >= 4 is 17.4 Å². The fourth-order valence-corrected chi connectivity index (χ4v) is 2.06. The van der Waals surface area contributed by atoms with Gasteiger partial charge in [-0.25, -0.2) is 10.1 Å². The number of rotatable bonds is 4. The summed E-state index contributed by atoms with van der Waals surface area (Å²) in [5.41, 5.74) is 9.80. The van der Waals surface area contributed by atoms with E-state index in [1.54, 1.807) is 26.0 Å². The van der Waals surface area contributed by atoms with E-state index in [1.807, 2.05) is 0 Å². The highest BCUT2D eigenvalue weighted by molar-refractivity contribution is 6.00. The first-order valence-corrected chi connectivity index (χ1v) is 7.12. The highest BCUT2D eigenvalue weighted by Crippen LogP contribution is 2.15. The first-order valence-electron chi connectivity index (χ1n) is 7.12. The number of benzene rings is 1. The van der Waals surface area contributed by atoms with E-state index in [0.717, 1.165) is 10.2 Å². The number of nitrogens with one attached hydrogen (secondary N) is 1. The molecule has 1 amide bonds. The highest BCUT2D eigenvalue weighted by Gasteiger charge is 2.22. The maximum absolute atomic E-state index is 12.5. The molecule has 2 aromatic heterocycles. The van der Waals surface area contributed by atoms with Gasteiger partial charge in [0, 0.05) is 0 Å². The van der Waals surface area contributed by atoms with Crippen LogP contribution in [0.4, 0.5) is 5.82 Å². The molecule has 0 saturated carbocycles. The summed E-state index contributed by atoms with van der Waals surface area (Å²) in [7, 11) is 0. The molecule has 128 valence electrons. The van der Waals surface area contributed by atoms with Crippen LogP contribution in [0.15, 0.2) is 34.0 Å². The van der Waals surface area contributed by atoms with Gasteiger partial charge in [0.1, 0.15) is 5.75 Å². The van der Waals surface area contributed by atoms with Crippen molar-refractivity contribution in [2.75, 3.05) is 5.73 Å². The first-order chi connectivity index (χ1) is 12.0. The number of nitrogens with zero attached hydrogens (tertiary/aromatic N) is 6. The molecule has 0 atom stereocenters. The van der Waals surface area contributed by atoms with Crippen LogP contribution in [0.2, 0.25) is 0 Å². The summed E-state index contributed by atoms with van der Waals surface area (Å²) < 4.78 is 5.64. The lowest BCUT2D eigenvalue weighted by atomic mass is 10.1. The van der Waals surface area contributed by atoms with Crippen molar-refractivity contribution in [3.8, 4) is 11.6 Å². The molecular weight excluding hydrogens is 328 g/mol. The summed E-state index contributed by atoms with van der Waals surface area (Å²) in [5, 5.41) is 28.1. The number of nitrogens with two attached hydrogens (primary N) is 1. The molecule has 0 aliphatic heterocycles. The van der Waals surface area contributed by atoms with Gasteiger partial charge in [0.2, 0.25) is 11.6 Å². The lowest BCUT2D eigenvalue weighted by molar-refractivity contribution is 0.0946. The zero-order valence-corrected chi connectivity index (χ0v) is 13.3. The summed E-state index contributed by atoms with van der Waals surface area (Å²) in [6.07, 6.45) is 0. The van der Waals surface area contributed by atoms with E-state index in [2.05, 4.69) is 35.8 Å². The van der Waals surface area contributed by atoms with Gasteiger partial charge in [-0.1, -0.05) is 5.21 Å². The Morgan fingerprint density at radius 2 is 2.04 bits per heavy atom. The number of anilines is 1. The number of carbonyl (C=O) groups is 1. The lowest BCUT2D eigenvalue weighted by Gasteiger charge is -2.05. The van der Waals surface area contributed by atoms with Crippen LogP contribution in [0.5, 0.6) is 5.75 Å². The van der Waals surface area contributed by atoms with Crippen LogP contribution in [-0.4, -0.2) is 42.0 Å². The van der Waals surface area contributed by atoms with Gasteiger partial charge in [-0.3, -0.25) is 4.79 Å². The summed E-state index contributed by atoms with van der Waals surface area (Å²) in [6.45, 7) is 3.33. The van der Waals surface area contributed by atoms with Gasteiger partial charge < -0.3 is 10.8 Å². The molecule has 3 aromatic rings. The second-order valence-corrected chi connectivity index (χ2v) is 5.09. The molecule has 11 nitrogen and oxygen atoms in total. The number of hydrogen-bond acceptors (Lipinski definition) is 9. The number of aromatic hydroxyl groups is 1. The normalized spacial score (nSPS) is 11.5. The number of amides is 1. The third-order valence-electron chi connectivity index (χ3n) is 3.36. The van der Waals surface area contributed by atoms with E-state index < -0.39 is 5.91 Å². The molecule has 0 radical (unpaired) electrons. The summed E-state index contributed by atoms with van der Waals surface area (Å²) in [6, 6.07) is 6.41. The maximum atomic E-state index is 12.5. The van der Waals surface area contributed by atoms with Crippen LogP contribution in [0.3, 0.4) is 0 Å². The predicted molar refractivity (Wildman–Crippen MR) is 86.1 cm³/mol. The number of aromatic nitrogens is 5. The minimum atomic E-state index is -0.553. The Morgan fingerprint density at radius 1 is 1.32 bits per heavy atom. The molecule has 3 rings (SSSR count). The van der Waals surface area contributed by atoms with Crippen molar-refractivity contribution in [3.05, 3.63) is 41.2 Å². The van der Waals surface area contributed by atoms with E-state index in [9.17, 15) is 9.90 Å². The van der Waals surface area contributed by atoms with Crippen molar-refractivity contribution in [2.45, 2.75) is 13.8 Å². The second kappa shape index (κ2) is 6.39. The minimum absolute atomic E-state index is 0.0253. The summed E-state index contributed by atoms with van der Waals surface area (Å²) >= 11 is 0. The number of aryl methyl sites for hydroxylation is 1. The lowest BCUT2D eigenvalue weighted by Crippen LogP contribution is -2.23. The Balaban J connectivity index is 1.85. The van der Waals surface area contributed by atoms with Crippen molar-refractivity contribution < 1.29 is 14.5 Å². The number of hydrogen-bond donors (Lipinski definition) is 3. The average molecular weight is 342 g/mol. The number of nitrogen functional groups attached to an aromatic ring is 1. The van der Waals surface area contributed by atoms with Gasteiger partial charge in [-0.2, -0.15) is 9.78 Å². The summed E-state index contributed by atoms with van der Waals surface area (Å²) in [4.78, 5) is 12.5. The van der Waals surface area contributed by atoms with E-state index in [1.165, 1.54) is 12.1 Å². The van der Waals surface area contributed by atoms with Crippen molar-refractivity contribution in [1.82, 2.24) is 30.7 Å². The van der Waals surface area contributed by atoms with E-state index in [0.29, 0.717) is 11.4 Å². The van der Waals surface area contributed by atoms with Gasteiger partial charge in [-0.15, -0.1) is 5.10 Å². The van der Waals surface area contributed by atoms with Gasteiger partial charge in [0.15, 0.2) is 5.69 Å². The maximum Gasteiger partial charge on any atom is 0.292 e. The van der Waals surface area contributed by atoms with Crippen molar-refractivity contribution in [2.24, 2.45) is 5.10 Å². The van der Waals surface area contributed by atoms with Crippen molar-refractivity contribution in [3.63, 3.8) is 0 Å². The smallest absolute Gasteiger partial charge is 0.292 e. The van der Waals surface area contributed by atoms with E-state index in [-0.39, 0.29) is 23.1 Å². The first kappa shape index (κ1) is 16.1. The topological polar surface area (TPSA) is 157 Å². The summed E-state index contributed by atoms with van der Waals surface area (Å²) in [5.74, 6) is -0.374. The third-order valence-corrected chi connectivity index (χ3v) is 3.36. The SMILES string of the molecule is C/C(=N\NC(=O)c1c(C)nnn1-c1nonc1N)c1ccc(O)cc1. The zero-order valence-electron chi connectivity index (χ0n) is 13.3. The van der Waals surface area contributed by atoms with Crippen LogP contribution >= 0.6 is 0 Å². The molecule has 11 heteroatoms. The number of carbonyl (C=O) groups excluding carboxylic acids is 1. The third kappa shape index (κ3) is 3.15. The van der Waals surface area contributed by atoms with E-state index in [4.69, 9.17) is 5.73 Å². The average Bonchev–Trinajstić information content (AvgIpc) is 3.18. The van der Waals surface area contributed by atoms with Crippen LogP contribution in [0.25, 0.3) is 5.82 Å². The highest BCUT2D eigenvalue weighted by atomic mass is 16.6. The molecule has 1 aromatic carbocycles. The fraction of sp³-hybridized carbons (Fsp3) is 0.143. The molecule has 0 aliphatic rings. The fourth-order valence-electron chi connectivity index (χ4n) is 2.06. The zero-order chi connectivity index (χ0) is 18.0. The molecule has 0 unspecified atom stereocenters. The Bertz CT molecular complexity index is 941. The molecule has 0 fully saturated rings. The quantitative estimate of drug-likeness (QED) is 0.454. The van der Waals surface area contributed by atoms with Gasteiger partial charge in [0.05, 0.1) is 11.4 Å². The Hall–Kier alpha value is -3.76. The van der Waals surface area contributed by atoms with Crippen molar-refractivity contribution in [1.29, 1.82) is 0 Å². The molecule has 0 bridgehead atoms. The Kier molecular flexibility index (Phi) is 4.12. The van der Waals surface area contributed by atoms with Crippen LogP contribution in [-0.2, 0) is 0 Å². The van der Waals surface area contributed by atoms with E-state index >= 15 is 0 Å². The molecule has 0 spiro atoms. The monoisotopic (exact) mass is 342 g/mol. The Morgan fingerprint density at radius 3 is 2.68 bits per heavy atom. The molecular formula is C14H14N8O3. The van der Waals surface area contributed by atoms with Crippen LogP contribution < -0.4 is 11.2 Å². The number of phenols is 1. The second-order valence-electron chi connectivity index (χ2n) is 5.09. The standard InChI is InChI=1S/C14H14N8O3/c1-7(9-3-5-10(23)6-4-9)16-18-14(24)11-8(2)17-21-22(11)13-12(15)19-25-20-13/h3-6,23H,1-2H3,(H2,15,19)(H,18,24)/b16-7+. The Labute approximate surface area is 141 Å². The van der Waals surface area contributed by atoms with Crippen LogP contribution in [0, 0.1) is 6.92 Å². The molecule has 4 N–H and O–H groups in total. The predicted octanol–water partition coefficient (Wildman–Crippen LogP) is 0.401. The molecule has 0 aliphatic carbocycles. The molecule has 25 heavy (non-hydrogen) atoms. The molecule has 2 heterocycles. The largest absolute Gasteiger partial charge is 0.508 e. The van der Waals surface area contributed by atoms with Gasteiger partial charge >= 0.3 is 0 Å². The number of hydrazone groups is 1. The minimum Gasteiger partial charge on any atom is -0.508 e. The van der Waals surface area contributed by atoms with Gasteiger partial charge in [-0.05, 0) is 54.0 Å².